The summed E-state index contributed by atoms with van der Waals surface area (Å²) in [5, 5.41) is 1.78. The zero-order valence-corrected chi connectivity index (χ0v) is 12.6. The second-order valence-corrected chi connectivity index (χ2v) is 5.18. The van der Waals surface area contributed by atoms with Gasteiger partial charge in [0, 0.05) is 12.2 Å². The summed E-state index contributed by atoms with van der Waals surface area (Å²) in [6.45, 7) is 2.38. The number of fused-ring (bicyclic) bond motifs is 1. The van der Waals surface area contributed by atoms with Crippen LogP contribution in [0.4, 0.5) is 24.5 Å². The smallest absolute Gasteiger partial charge is 0.471 e. The van der Waals surface area contributed by atoms with Gasteiger partial charge >= 0.3 is 12.1 Å². The van der Waals surface area contributed by atoms with Crippen LogP contribution in [0.5, 0.6) is 5.75 Å². The fraction of sp³-hybridized carbons (Fsp3) is 0.467. The Hall–Kier alpha value is -2.25. The van der Waals surface area contributed by atoms with Crippen molar-refractivity contribution in [1.29, 1.82) is 0 Å². The van der Waals surface area contributed by atoms with E-state index in [1.54, 1.807) is 5.32 Å². The van der Waals surface area contributed by atoms with E-state index in [0.29, 0.717) is 18.0 Å². The normalized spacial score (nSPS) is 14.3. The first kappa shape index (κ1) is 17.1. The van der Waals surface area contributed by atoms with E-state index in [0.717, 1.165) is 19.3 Å². The van der Waals surface area contributed by atoms with Gasteiger partial charge in [-0.15, -0.1) is 0 Å². The van der Waals surface area contributed by atoms with E-state index in [4.69, 9.17) is 4.74 Å². The molecule has 5 nitrogen and oxygen atoms in total. The lowest BCUT2D eigenvalue weighted by Gasteiger charge is -2.30. The number of amides is 2. The molecule has 2 rings (SSSR count). The number of hydrogen-bond acceptors (Lipinski definition) is 3. The molecular formula is C15H17F3N2O3. The number of nitrogens with zero attached hydrogens (tertiary/aromatic N) is 1. The van der Waals surface area contributed by atoms with Crippen LogP contribution >= 0.6 is 0 Å². The quantitative estimate of drug-likeness (QED) is 0.844. The molecule has 0 aliphatic carbocycles. The van der Waals surface area contributed by atoms with Crippen LogP contribution in [0.1, 0.15) is 26.2 Å². The molecule has 0 unspecified atom stereocenters. The molecule has 0 atom stereocenters. The molecule has 1 N–H and O–H groups in total. The maximum Gasteiger partial charge on any atom is 0.471 e. The maximum atomic E-state index is 12.3. The monoisotopic (exact) mass is 330 g/mol. The van der Waals surface area contributed by atoms with Crippen molar-refractivity contribution in [3.63, 3.8) is 0 Å². The molecule has 0 radical (unpaired) electrons. The standard InChI is InChI=1S/C15H17F3N2O3/c1-2-3-4-7-20-11-8-10(19-14(22)15(16,17)18)5-6-12(11)23-9-13(20)21/h5-6,8H,2-4,7,9H2,1H3,(H,19,22). The number of halogens is 3. The van der Waals surface area contributed by atoms with E-state index in [-0.39, 0.29) is 18.2 Å². The number of alkyl halides is 3. The van der Waals surface area contributed by atoms with Gasteiger partial charge in [0.05, 0.1) is 5.69 Å². The lowest BCUT2D eigenvalue weighted by atomic mass is 10.1. The van der Waals surface area contributed by atoms with E-state index in [1.165, 1.54) is 23.1 Å². The summed E-state index contributed by atoms with van der Waals surface area (Å²) < 4.78 is 42.2. The number of anilines is 2. The summed E-state index contributed by atoms with van der Waals surface area (Å²) in [7, 11) is 0. The Morgan fingerprint density at radius 3 is 2.74 bits per heavy atom. The highest BCUT2D eigenvalue weighted by Gasteiger charge is 2.39. The van der Waals surface area contributed by atoms with Crippen LogP contribution in [0.25, 0.3) is 0 Å². The number of ether oxygens (including phenoxy) is 1. The second-order valence-electron chi connectivity index (χ2n) is 5.18. The summed E-state index contributed by atoms with van der Waals surface area (Å²) in [6, 6.07) is 4.07. The number of hydrogen-bond donors (Lipinski definition) is 1. The van der Waals surface area contributed by atoms with Gasteiger partial charge in [-0.3, -0.25) is 9.59 Å². The van der Waals surface area contributed by atoms with Gasteiger partial charge in [-0.05, 0) is 24.6 Å². The number of carbonyl (C=O) groups is 2. The van der Waals surface area contributed by atoms with Crippen LogP contribution in [-0.4, -0.2) is 31.1 Å². The van der Waals surface area contributed by atoms with Crippen molar-refractivity contribution in [2.75, 3.05) is 23.4 Å². The molecule has 1 aliphatic heterocycles. The molecule has 0 saturated heterocycles. The third kappa shape index (κ3) is 4.14. The molecule has 0 saturated carbocycles. The molecule has 8 heteroatoms. The highest BCUT2D eigenvalue weighted by Crippen LogP contribution is 2.35. The molecule has 126 valence electrons. The lowest BCUT2D eigenvalue weighted by molar-refractivity contribution is -0.167. The van der Waals surface area contributed by atoms with Crippen LogP contribution in [0.2, 0.25) is 0 Å². The molecule has 0 fully saturated rings. The largest absolute Gasteiger partial charge is 0.482 e. The fourth-order valence-electron chi connectivity index (χ4n) is 2.25. The van der Waals surface area contributed by atoms with Crippen molar-refractivity contribution in [2.24, 2.45) is 0 Å². The molecule has 0 spiro atoms. The van der Waals surface area contributed by atoms with E-state index in [2.05, 4.69) is 0 Å². The van der Waals surface area contributed by atoms with Crippen molar-refractivity contribution in [1.82, 2.24) is 0 Å². The minimum absolute atomic E-state index is 0.0372. The third-order valence-corrected chi connectivity index (χ3v) is 3.40. The van der Waals surface area contributed by atoms with E-state index in [1.807, 2.05) is 6.92 Å². The van der Waals surface area contributed by atoms with Crippen LogP contribution in [0, 0.1) is 0 Å². The van der Waals surface area contributed by atoms with Crippen molar-refractivity contribution in [3.05, 3.63) is 18.2 Å². The van der Waals surface area contributed by atoms with Crippen molar-refractivity contribution < 1.29 is 27.5 Å². The summed E-state index contributed by atoms with van der Waals surface area (Å²) >= 11 is 0. The van der Waals surface area contributed by atoms with Crippen molar-refractivity contribution in [3.8, 4) is 5.75 Å². The highest BCUT2D eigenvalue weighted by atomic mass is 19.4. The summed E-state index contributed by atoms with van der Waals surface area (Å²) in [5.74, 6) is -1.91. The number of nitrogens with one attached hydrogen (secondary N) is 1. The van der Waals surface area contributed by atoms with Gasteiger partial charge in [-0.25, -0.2) is 0 Å². The number of unbranched alkanes of at least 4 members (excludes halogenated alkanes) is 2. The van der Waals surface area contributed by atoms with Crippen LogP contribution in [-0.2, 0) is 9.59 Å². The predicted molar refractivity (Wildman–Crippen MR) is 78.5 cm³/mol. The molecule has 2 amide bonds. The van der Waals surface area contributed by atoms with Crippen LogP contribution in [0.15, 0.2) is 18.2 Å². The van der Waals surface area contributed by atoms with Crippen LogP contribution in [0.3, 0.4) is 0 Å². The summed E-state index contributed by atoms with van der Waals surface area (Å²) in [5.41, 5.74) is 0.335. The Kier molecular flexibility index (Phi) is 5.12. The Labute approximate surface area is 131 Å². The van der Waals surface area contributed by atoms with Crippen LogP contribution < -0.4 is 15.0 Å². The topological polar surface area (TPSA) is 58.6 Å². The molecule has 1 aliphatic rings. The molecule has 1 aromatic carbocycles. The minimum atomic E-state index is -4.97. The first-order chi connectivity index (χ1) is 10.8. The average Bonchev–Trinajstić information content (AvgIpc) is 2.48. The molecule has 0 aromatic heterocycles. The maximum absolute atomic E-state index is 12.3. The van der Waals surface area contributed by atoms with Gasteiger partial charge in [0.2, 0.25) is 0 Å². The van der Waals surface area contributed by atoms with Gasteiger partial charge < -0.3 is 15.0 Å². The second kappa shape index (κ2) is 6.89. The molecule has 1 aromatic rings. The first-order valence-electron chi connectivity index (χ1n) is 7.28. The van der Waals surface area contributed by atoms with Gasteiger partial charge in [0.1, 0.15) is 5.75 Å². The Balaban J connectivity index is 2.21. The predicted octanol–water partition coefficient (Wildman–Crippen LogP) is 3.10. The first-order valence-corrected chi connectivity index (χ1v) is 7.28. The number of rotatable bonds is 5. The van der Waals surface area contributed by atoms with E-state index in [9.17, 15) is 22.8 Å². The van der Waals surface area contributed by atoms with Gasteiger partial charge in [-0.1, -0.05) is 19.8 Å². The van der Waals surface area contributed by atoms with E-state index >= 15 is 0 Å². The number of carbonyl (C=O) groups excluding carboxylic acids is 2. The SMILES string of the molecule is CCCCCN1C(=O)COc2ccc(NC(=O)C(F)(F)F)cc21. The van der Waals surface area contributed by atoms with Gasteiger partial charge in [0.25, 0.3) is 5.91 Å². The summed E-state index contributed by atoms with van der Waals surface area (Å²) in [6.07, 6.45) is -2.28. The van der Waals surface area contributed by atoms with Gasteiger partial charge in [-0.2, -0.15) is 13.2 Å². The minimum Gasteiger partial charge on any atom is -0.482 e. The molecule has 0 bridgehead atoms. The summed E-state index contributed by atoms with van der Waals surface area (Å²) in [4.78, 5) is 24.5. The number of benzene rings is 1. The molecule has 23 heavy (non-hydrogen) atoms. The van der Waals surface area contributed by atoms with E-state index < -0.39 is 12.1 Å². The average molecular weight is 330 g/mol. The van der Waals surface area contributed by atoms with Crippen molar-refractivity contribution >= 4 is 23.2 Å². The Morgan fingerprint density at radius 1 is 1.35 bits per heavy atom. The fourth-order valence-corrected chi connectivity index (χ4v) is 2.25. The highest BCUT2D eigenvalue weighted by molar-refractivity contribution is 6.00. The zero-order valence-electron chi connectivity index (χ0n) is 12.6. The lowest BCUT2D eigenvalue weighted by Crippen LogP contribution is -2.39. The third-order valence-electron chi connectivity index (χ3n) is 3.40. The van der Waals surface area contributed by atoms with Gasteiger partial charge in [0.15, 0.2) is 6.61 Å². The zero-order chi connectivity index (χ0) is 17.0. The molecular weight excluding hydrogens is 313 g/mol. The van der Waals surface area contributed by atoms with Crippen molar-refractivity contribution in [2.45, 2.75) is 32.4 Å². The Bertz CT molecular complexity index is 602. The Morgan fingerprint density at radius 2 is 2.09 bits per heavy atom. The molecule has 1 heterocycles.